The minimum Gasteiger partial charge on any atom is -0.486 e. The second-order valence-corrected chi connectivity index (χ2v) is 6.20. The molecule has 1 aliphatic heterocycles. The average Bonchev–Trinajstić information content (AvgIpc) is 2.61. The van der Waals surface area contributed by atoms with E-state index in [0.717, 1.165) is 29.8 Å². The Morgan fingerprint density at radius 2 is 2.04 bits per heavy atom. The van der Waals surface area contributed by atoms with Crippen LogP contribution in [0.4, 0.5) is 10.5 Å². The van der Waals surface area contributed by atoms with Crippen molar-refractivity contribution in [3.63, 3.8) is 0 Å². The molecule has 0 unspecified atom stereocenters. The fourth-order valence-corrected chi connectivity index (χ4v) is 2.92. The third kappa shape index (κ3) is 3.70. The van der Waals surface area contributed by atoms with E-state index >= 15 is 0 Å². The van der Waals surface area contributed by atoms with Crippen LogP contribution in [0.15, 0.2) is 48.5 Å². The van der Waals surface area contributed by atoms with Crippen LogP contribution in [-0.2, 0) is 6.42 Å². The lowest BCUT2D eigenvalue weighted by Gasteiger charge is -2.34. The molecule has 2 aromatic rings. The average molecular weight is 324 g/mol. The maximum atomic E-state index is 12.7. The molecule has 2 aromatic carbocycles. The van der Waals surface area contributed by atoms with E-state index in [-0.39, 0.29) is 12.1 Å². The van der Waals surface area contributed by atoms with E-state index in [9.17, 15) is 4.79 Å². The lowest BCUT2D eigenvalue weighted by atomic mass is 10.1. The van der Waals surface area contributed by atoms with E-state index in [1.165, 1.54) is 5.56 Å². The maximum Gasteiger partial charge on any atom is 0.322 e. The molecule has 0 bridgehead atoms. The summed E-state index contributed by atoms with van der Waals surface area (Å²) < 4.78 is 5.97. The first kappa shape index (κ1) is 16.4. The third-order valence-electron chi connectivity index (χ3n) is 4.32. The lowest BCUT2D eigenvalue weighted by molar-refractivity contribution is 0.186. The van der Waals surface area contributed by atoms with Crippen LogP contribution >= 0.6 is 0 Å². The van der Waals surface area contributed by atoms with Crippen molar-refractivity contribution in [2.75, 3.05) is 18.0 Å². The highest BCUT2D eigenvalue weighted by Crippen LogP contribution is 2.34. The van der Waals surface area contributed by atoms with Crippen molar-refractivity contribution < 1.29 is 9.53 Å². The molecule has 0 aromatic heterocycles. The largest absolute Gasteiger partial charge is 0.486 e. The number of nitrogens with zero attached hydrogens (tertiary/aromatic N) is 1. The molecule has 1 atom stereocenters. The van der Waals surface area contributed by atoms with Crippen LogP contribution in [0.25, 0.3) is 0 Å². The number of hydrogen-bond acceptors (Lipinski definition) is 2. The van der Waals surface area contributed by atoms with Crippen molar-refractivity contribution in [2.24, 2.45) is 0 Å². The summed E-state index contributed by atoms with van der Waals surface area (Å²) in [7, 11) is 0. The van der Waals surface area contributed by atoms with Gasteiger partial charge in [-0.2, -0.15) is 0 Å². The predicted molar refractivity (Wildman–Crippen MR) is 96.8 cm³/mol. The predicted octanol–water partition coefficient (Wildman–Crippen LogP) is 3.92. The molecule has 0 fully saturated rings. The summed E-state index contributed by atoms with van der Waals surface area (Å²) in [6, 6.07) is 16.1. The molecule has 0 aliphatic carbocycles. The Labute approximate surface area is 143 Å². The summed E-state index contributed by atoms with van der Waals surface area (Å²) in [4.78, 5) is 14.5. The van der Waals surface area contributed by atoms with Crippen molar-refractivity contribution in [3.05, 3.63) is 59.7 Å². The molecule has 0 saturated heterocycles. The molecular weight excluding hydrogens is 300 g/mol. The number of aryl methyl sites for hydroxylation is 1. The number of hydrogen-bond donors (Lipinski definition) is 1. The van der Waals surface area contributed by atoms with Crippen molar-refractivity contribution in [1.82, 2.24) is 5.32 Å². The molecule has 24 heavy (non-hydrogen) atoms. The molecule has 0 saturated carbocycles. The van der Waals surface area contributed by atoms with Crippen LogP contribution in [0, 0.1) is 6.92 Å². The number of carbonyl (C=O) groups excluding carboxylic acids is 1. The zero-order valence-corrected chi connectivity index (χ0v) is 14.3. The lowest BCUT2D eigenvalue weighted by Crippen LogP contribution is -2.48. The van der Waals surface area contributed by atoms with E-state index in [0.29, 0.717) is 13.1 Å². The zero-order chi connectivity index (χ0) is 16.9. The second kappa shape index (κ2) is 7.39. The second-order valence-electron chi connectivity index (χ2n) is 6.20. The Morgan fingerprint density at radius 1 is 1.25 bits per heavy atom. The summed E-state index contributed by atoms with van der Waals surface area (Å²) in [6.45, 7) is 5.31. The van der Waals surface area contributed by atoms with Crippen LogP contribution in [0.3, 0.4) is 0 Å². The van der Waals surface area contributed by atoms with Crippen molar-refractivity contribution >= 4 is 11.7 Å². The number of fused-ring (bicyclic) bond motifs is 1. The van der Waals surface area contributed by atoms with Gasteiger partial charge >= 0.3 is 6.03 Å². The number of nitrogens with one attached hydrogen (secondary N) is 1. The summed E-state index contributed by atoms with van der Waals surface area (Å²) in [5.41, 5.74) is 3.20. The minimum atomic E-state index is -0.0560. The fraction of sp³-hybridized carbons (Fsp3) is 0.350. The topological polar surface area (TPSA) is 41.6 Å². The molecule has 4 nitrogen and oxygen atoms in total. The number of amides is 2. The third-order valence-corrected chi connectivity index (χ3v) is 4.32. The van der Waals surface area contributed by atoms with Crippen LogP contribution in [0.1, 0.15) is 24.5 Å². The standard InChI is InChI=1S/C20H24N2O2/c1-3-17-14-22(18-13-15(2)9-10-19(18)24-17)20(23)21-12-11-16-7-5-4-6-8-16/h4-10,13,17H,3,11-12,14H2,1-2H3,(H,21,23)/t17-/m1/s1. The van der Waals surface area contributed by atoms with Gasteiger partial charge in [0.2, 0.25) is 0 Å². The number of carbonyl (C=O) groups is 1. The van der Waals surface area contributed by atoms with E-state index in [4.69, 9.17) is 4.74 Å². The highest BCUT2D eigenvalue weighted by molar-refractivity contribution is 5.94. The van der Waals surface area contributed by atoms with Gasteiger partial charge in [-0.1, -0.05) is 43.3 Å². The molecule has 3 rings (SSSR count). The van der Waals surface area contributed by atoms with Crippen LogP contribution in [0.5, 0.6) is 5.75 Å². The van der Waals surface area contributed by atoms with Gasteiger partial charge in [-0.25, -0.2) is 4.79 Å². The van der Waals surface area contributed by atoms with Gasteiger partial charge in [0, 0.05) is 6.54 Å². The van der Waals surface area contributed by atoms with Gasteiger partial charge in [-0.3, -0.25) is 4.90 Å². The van der Waals surface area contributed by atoms with Crippen molar-refractivity contribution in [2.45, 2.75) is 32.8 Å². The summed E-state index contributed by atoms with van der Waals surface area (Å²) in [6.07, 6.45) is 1.75. The fourth-order valence-electron chi connectivity index (χ4n) is 2.92. The molecule has 1 N–H and O–H groups in total. The highest BCUT2D eigenvalue weighted by Gasteiger charge is 2.28. The summed E-state index contributed by atoms with van der Waals surface area (Å²) >= 11 is 0. The van der Waals surface area contributed by atoms with Gasteiger partial charge in [0.15, 0.2) is 0 Å². The van der Waals surface area contributed by atoms with Crippen molar-refractivity contribution in [3.8, 4) is 5.75 Å². The first-order valence-electron chi connectivity index (χ1n) is 8.54. The van der Waals surface area contributed by atoms with Gasteiger partial charge in [0.1, 0.15) is 11.9 Å². The molecule has 2 amide bonds. The van der Waals surface area contributed by atoms with Gasteiger partial charge in [0.05, 0.1) is 12.2 Å². The SMILES string of the molecule is CC[C@@H]1CN(C(=O)NCCc2ccccc2)c2cc(C)ccc2O1. The quantitative estimate of drug-likeness (QED) is 0.926. The zero-order valence-electron chi connectivity index (χ0n) is 14.3. The van der Waals surface area contributed by atoms with Gasteiger partial charge in [-0.15, -0.1) is 0 Å². The van der Waals surface area contributed by atoms with Crippen LogP contribution < -0.4 is 15.0 Å². The van der Waals surface area contributed by atoms with Gasteiger partial charge < -0.3 is 10.1 Å². The first-order chi connectivity index (χ1) is 11.7. The normalized spacial score (nSPS) is 16.2. The molecule has 1 heterocycles. The summed E-state index contributed by atoms with van der Waals surface area (Å²) in [5, 5.41) is 3.04. The van der Waals surface area contributed by atoms with Gasteiger partial charge in [0.25, 0.3) is 0 Å². The van der Waals surface area contributed by atoms with Crippen LogP contribution in [0.2, 0.25) is 0 Å². The Bertz CT molecular complexity index is 700. The number of ether oxygens (including phenoxy) is 1. The van der Waals surface area contributed by atoms with Crippen molar-refractivity contribution in [1.29, 1.82) is 0 Å². The highest BCUT2D eigenvalue weighted by atomic mass is 16.5. The number of benzene rings is 2. The molecule has 126 valence electrons. The van der Waals surface area contributed by atoms with E-state index < -0.39 is 0 Å². The first-order valence-corrected chi connectivity index (χ1v) is 8.54. The molecule has 0 spiro atoms. The summed E-state index contributed by atoms with van der Waals surface area (Å²) in [5.74, 6) is 0.789. The Morgan fingerprint density at radius 3 is 2.79 bits per heavy atom. The number of rotatable bonds is 4. The number of urea groups is 1. The Kier molecular flexibility index (Phi) is 5.04. The molecule has 1 aliphatic rings. The van der Waals surface area contributed by atoms with Crippen LogP contribution in [-0.4, -0.2) is 25.2 Å². The Balaban J connectivity index is 1.68. The molecular formula is C20H24N2O2. The van der Waals surface area contributed by atoms with E-state index in [2.05, 4.69) is 24.4 Å². The number of anilines is 1. The smallest absolute Gasteiger partial charge is 0.322 e. The monoisotopic (exact) mass is 324 g/mol. The molecule has 4 heteroatoms. The van der Waals surface area contributed by atoms with E-state index in [1.54, 1.807) is 0 Å². The maximum absolute atomic E-state index is 12.7. The molecule has 0 radical (unpaired) electrons. The minimum absolute atomic E-state index is 0.0417. The van der Waals surface area contributed by atoms with E-state index in [1.807, 2.05) is 48.2 Å². The van der Waals surface area contributed by atoms with Gasteiger partial charge in [-0.05, 0) is 43.0 Å². The Hall–Kier alpha value is -2.49.